The topological polar surface area (TPSA) is 95.9 Å². The number of rotatable bonds is 61. The van der Waals surface area contributed by atoms with Crippen LogP contribution >= 0.6 is 0 Å². The number of unbranched alkanes of at least 4 members (excludes halogenated alkanes) is 46. The lowest BCUT2D eigenvalue weighted by Crippen LogP contribution is -2.45. The highest BCUT2D eigenvalue weighted by atomic mass is 16.5. The molecule has 6 heteroatoms. The number of carbonyl (C=O) groups excluding carboxylic acids is 2. The van der Waals surface area contributed by atoms with Gasteiger partial charge >= 0.3 is 5.97 Å². The van der Waals surface area contributed by atoms with Gasteiger partial charge in [-0.15, -0.1) is 0 Å². The molecule has 0 aliphatic heterocycles. The number of allylic oxidation sites excluding steroid dienone is 4. The molecule has 2 atom stereocenters. The zero-order valence-electron chi connectivity index (χ0n) is 48.7. The molecule has 0 radical (unpaired) electrons. The maximum atomic E-state index is 12.5. The van der Waals surface area contributed by atoms with Crippen LogP contribution in [0.1, 0.15) is 361 Å². The van der Waals surface area contributed by atoms with E-state index in [0.717, 1.165) is 44.9 Å². The number of ether oxygens (including phenoxy) is 1. The van der Waals surface area contributed by atoms with Crippen LogP contribution in [0.4, 0.5) is 0 Å². The number of nitrogens with one attached hydrogen (secondary N) is 1. The van der Waals surface area contributed by atoms with Gasteiger partial charge in [-0.2, -0.15) is 0 Å². The quantitative estimate of drug-likeness (QED) is 0.0320. The summed E-state index contributed by atoms with van der Waals surface area (Å²) in [7, 11) is 0. The summed E-state index contributed by atoms with van der Waals surface area (Å²) in [6, 6.07) is -0.540. The van der Waals surface area contributed by atoms with Gasteiger partial charge < -0.3 is 20.3 Å². The van der Waals surface area contributed by atoms with E-state index >= 15 is 0 Å². The molecule has 0 saturated heterocycles. The van der Waals surface area contributed by atoms with E-state index in [2.05, 4.69) is 43.5 Å². The summed E-state index contributed by atoms with van der Waals surface area (Å²) in [5, 5.41) is 23.3. The molecule has 0 rings (SSSR count). The number of hydrogen-bond donors (Lipinski definition) is 3. The van der Waals surface area contributed by atoms with Crippen LogP contribution in [0.3, 0.4) is 0 Å². The van der Waals surface area contributed by atoms with Crippen molar-refractivity contribution >= 4 is 11.9 Å². The average Bonchev–Trinajstić information content (AvgIpc) is 3.38. The molecule has 0 spiro atoms. The lowest BCUT2D eigenvalue weighted by Gasteiger charge is -2.22. The molecule has 0 bridgehead atoms. The molecule has 0 aliphatic carbocycles. The molecule has 426 valence electrons. The predicted octanol–water partition coefficient (Wildman–Crippen LogP) is 20.6. The molecule has 2 unspecified atom stereocenters. The Kier molecular flexibility index (Phi) is 60.5. The van der Waals surface area contributed by atoms with Gasteiger partial charge in [-0.3, -0.25) is 9.59 Å². The van der Waals surface area contributed by atoms with E-state index in [0.29, 0.717) is 25.9 Å². The molecule has 0 aromatic carbocycles. The summed E-state index contributed by atoms with van der Waals surface area (Å²) in [6.45, 7) is 4.95. The number of aliphatic hydroxyl groups is 2. The van der Waals surface area contributed by atoms with Gasteiger partial charge in [-0.1, -0.05) is 295 Å². The van der Waals surface area contributed by atoms with Gasteiger partial charge in [0.2, 0.25) is 5.91 Å². The van der Waals surface area contributed by atoms with Crippen LogP contribution in [0.2, 0.25) is 0 Å². The molecule has 0 heterocycles. The summed E-state index contributed by atoms with van der Waals surface area (Å²) < 4.78 is 5.47. The van der Waals surface area contributed by atoms with Gasteiger partial charge in [0.25, 0.3) is 0 Å². The van der Waals surface area contributed by atoms with Crippen molar-refractivity contribution in [1.29, 1.82) is 0 Å². The highest BCUT2D eigenvalue weighted by molar-refractivity contribution is 5.76. The van der Waals surface area contributed by atoms with Gasteiger partial charge in [0, 0.05) is 12.8 Å². The third-order valence-electron chi connectivity index (χ3n) is 15.2. The molecule has 0 aliphatic rings. The van der Waals surface area contributed by atoms with Gasteiger partial charge in [0.05, 0.1) is 25.4 Å². The molecular formula is C66H127NO5. The third kappa shape index (κ3) is 57.6. The highest BCUT2D eigenvalue weighted by Crippen LogP contribution is 2.18. The van der Waals surface area contributed by atoms with E-state index in [-0.39, 0.29) is 18.5 Å². The SMILES string of the molecule is CCCCC/C=C\CCCCCCCC(=O)OCCCCCCCCCCCCCC/C=C\CCCCCCCCCCCCCCCC(=O)NC(CO)C(O)CCCCCCCCCCCCCCCC. The van der Waals surface area contributed by atoms with Crippen LogP contribution in [-0.2, 0) is 14.3 Å². The zero-order valence-corrected chi connectivity index (χ0v) is 48.7. The maximum Gasteiger partial charge on any atom is 0.305 e. The Balaban J connectivity index is 3.36. The van der Waals surface area contributed by atoms with E-state index < -0.39 is 12.1 Å². The van der Waals surface area contributed by atoms with E-state index in [1.165, 1.54) is 283 Å². The van der Waals surface area contributed by atoms with E-state index in [1.807, 2.05) is 0 Å². The van der Waals surface area contributed by atoms with Crippen LogP contribution in [-0.4, -0.2) is 47.4 Å². The first-order valence-electron chi connectivity index (χ1n) is 32.6. The van der Waals surface area contributed by atoms with E-state index in [4.69, 9.17) is 4.74 Å². The number of esters is 1. The molecule has 0 saturated carbocycles. The molecule has 6 nitrogen and oxygen atoms in total. The Hall–Kier alpha value is -1.66. The van der Waals surface area contributed by atoms with Crippen molar-refractivity contribution in [2.75, 3.05) is 13.2 Å². The number of amides is 1. The van der Waals surface area contributed by atoms with Gasteiger partial charge in [0.15, 0.2) is 0 Å². The number of carbonyl (C=O) groups is 2. The minimum absolute atomic E-state index is 0.00666. The van der Waals surface area contributed by atoms with Crippen molar-refractivity contribution in [2.45, 2.75) is 373 Å². The molecule has 3 N–H and O–H groups in total. The second kappa shape index (κ2) is 61.9. The standard InChI is InChI=1S/C66H127NO5/c1-3-5-7-9-11-13-15-17-35-38-42-46-50-54-58-64(69)63(62-68)67-65(70)59-55-51-47-43-39-36-33-31-29-27-25-23-21-19-18-20-22-24-26-28-30-32-34-37-41-45-49-53-57-61-72-66(71)60-56-52-48-44-40-16-14-12-10-8-6-4-2/h12,14,18,20,63-64,68-69H,3-11,13,15-17,19,21-62H2,1-2H3,(H,67,70)/b14-12-,20-18-. The minimum atomic E-state index is -0.663. The number of aliphatic hydroxyl groups excluding tert-OH is 2. The van der Waals surface area contributed by atoms with E-state index in [9.17, 15) is 19.8 Å². The fourth-order valence-electron chi connectivity index (χ4n) is 10.2. The Bertz CT molecular complexity index is 1120. The highest BCUT2D eigenvalue weighted by Gasteiger charge is 2.20. The average molecular weight is 1010 g/mol. The Morgan fingerprint density at radius 1 is 0.375 bits per heavy atom. The van der Waals surface area contributed by atoms with Crippen molar-refractivity contribution in [3.63, 3.8) is 0 Å². The Morgan fingerprint density at radius 3 is 1.01 bits per heavy atom. The fourth-order valence-corrected chi connectivity index (χ4v) is 10.2. The van der Waals surface area contributed by atoms with Gasteiger partial charge in [-0.05, 0) is 77.0 Å². The van der Waals surface area contributed by atoms with Gasteiger partial charge in [0.1, 0.15) is 0 Å². The third-order valence-corrected chi connectivity index (χ3v) is 15.2. The normalized spacial score (nSPS) is 12.7. The second-order valence-electron chi connectivity index (χ2n) is 22.4. The molecule has 0 aromatic rings. The van der Waals surface area contributed by atoms with Crippen LogP contribution in [0.5, 0.6) is 0 Å². The monoisotopic (exact) mass is 1010 g/mol. The van der Waals surface area contributed by atoms with Gasteiger partial charge in [-0.25, -0.2) is 0 Å². The Morgan fingerprint density at radius 2 is 0.653 bits per heavy atom. The zero-order chi connectivity index (χ0) is 52.2. The van der Waals surface area contributed by atoms with Crippen LogP contribution < -0.4 is 5.32 Å². The molecule has 72 heavy (non-hydrogen) atoms. The molecular weight excluding hydrogens is 887 g/mol. The largest absolute Gasteiger partial charge is 0.466 e. The smallest absolute Gasteiger partial charge is 0.305 e. The minimum Gasteiger partial charge on any atom is -0.466 e. The maximum absolute atomic E-state index is 12.5. The summed E-state index contributed by atoms with van der Waals surface area (Å²) in [5.41, 5.74) is 0. The van der Waals surface area contributed by atoms with Crippen molar-refractivity contribution in [1.82, 2.24) is 5.32 Å². The first kappa shape index (κ1) is 70.3. The van der Waals surface area contributed by atoms with Crippen molar-refractivity contribution in [3.8, 4) is 0 Å². The van der Waals surface area contributed by atoms with Crippen LogP contribution in [0, 0.1) is 0 Å². The molecule has 0 fully saturated rings. The summed E-state index contributed by atoms with van der Waals surface area (Å²) in [5.74, 6) is -0.0255. The summed E-state index contributed by atoms with van der Waals surface area (Å²) in [4.78, 5) is 24.5. The molecule has 1 amide bonds. The first-order chi connectivity index (χ1) is 35.5. The summed E-state index contributed by atoms with van der Waals surface area (Å²) >= 11 is 0. The number of hydrogen-bond acceptors (Lipinski definition) is 5. The van der Waals surface area contributed by atoms with E-state index in [1.54, 1.807) is 0 Å². The van der Waals surface area contributed by atoms with Crippen molar-refractivity contribution in [3.05, 3.63) is 24.3 Å². The van der Waals surface area contributed by atoms with Crippen LogP contribution in [0.25, 0.3) is 0 Å². The first-order valence-corrected chi connectivity index (χ1v) is 32.6. The lowest BCUT2D eigenvalue weighted by atomic mass is 10.0. The Labute approximate surface area is 450 Å². The predicted molar refractivity (Wildman–Crippen MR) is 315 cm³/mol. The van der Waals surface area contributed by atoms with Crippen LogP contribution in [0.15, 0.2) is 24.3 Å². The summed E-state index contributed by atoms with van der Waals surface area (Å²) in [6.07, 6.45) is 76.4. The van der Waals surface area contributed by atoms with Crippen molar-refractivity contribution < 1.29 is 24.5 Å². The second-order valence-corrected chi connectivity index (χ2v) is 22.4. The van der Waals surface area contributed by atoms with Crippen molar-refractivity contribution in [2.24, 2.45) is 0 Å². The lowest BCUT2D eigenvalue weighted by molar-refractivity contribution is -0.143. The fraction of sp³-hybridized carbons (Fsp3) is 0.909. The molecule has 0 aromatic heterocycles.